The number of imide groups is 2. The minimum atomic E-state index is -4.74. The first kappa shape index (κ1) is 37.7. The lowest BCUT2D eigenvalue weighted by molar-refractivity contribution is -0.139. The number of pyridine rings is 1. The summed E-state index contributed by atoms with van der Waals surface area (Å²) in [5.41, 5.74) is 4.06. The second-order valence-corrected chi connectivity index (χ2v) is 15.8. The lowest BCUT2D eigenvalue weighted by Gasteiger charge is -2.50. The fourth-order valence-corrected chi connectivity index (χ4v) is 9.78. The Balaban J connectivity index is 1.31. The monoisotopic (exact) mass is 802 g/mol. The Labute approximate surface area is 330 Å². The molecule has 6 atom stereocenters. The molecule has 2 saturated heterocycles. The maximum atomic E-state index is 15.4. The molecule has 4 amide bonds. The summed E-state index contributed by atoms with van der Waals surface area (Å²) < 4.78 is 40.5. The van der Waals surface area contributed by atoms with E-state index in [-0.39, 0.29) is 30.3 Å². The molecule has 0 unspecified atom stereocenters. The van der Waals surface area contributed by atoms with Gasteiger partial charge in [-0.1, -0.05) is 78.2 Å². The topological polar surface area (TPSA) is 120 Å². The van der Waals surface area contributed by atoms with Gasteiger partial charge < -0.3 is 5.11 Å². The summed E-state index contributed by atoms with van der Waals surface area (Å²) in [7, 11) is 0. The molecule has 56 heavy (non-hydrogen) atoms. The van der Waals surface area contributed by atoms with Gasteiger partial charge >= 0.3 is 6.18 Å². The molecule has 0 radical (unpaired) electrons. The Hall–Kier alpha value is -5.20. The summed E-state index contributed by atoms with van der Waals surface area (Å²) >= 11 is 12.6. The normalized spacial score (nSPS) is 25.9. The van der Waals surface area contributed by atoms with E-state index in [2.05, 4.69) is 10.4 Å². The number of rotatable bonds is 6. The molecule has 0 spiro atoms. The molecule has 8 rings (SSSR count). The van der Waals surface area contributed by atoms with Gasteiger partial charge in [0.1, 0.15) is 5.75 Å². The van der Waals surface area contributed by atoms with E-state index in [1.807, 2.05) is 25.1 Å². The van der Waals surface area contributed by atoms with Gasteiger partial charge in [0.15, 0.2) is 5.82 Å². The van der Waals surface area contributed by atoms with Crippen molar-refractivity contribution in [3.63, 3.8) is 0 Å². The van der Waals surface area contributed by atoms with Gasteiger partial charge in [0.05, 0.1) is 39.4 Å². The number of aromatic nitrogens is 1. The van der Waals surface area contributed by atoms with E-state index in [4.69, 9.17) is 23.2 Å². The number of phenols is 1. The van der Waals surface area contributed by atoms with Gasteiger partial charge in [-0.05, 0) is 97.2 Å². The lowest BCUT2D eigenvalue weighted by Crippen LogP contribution is -2.53. The van der Waals surface area contributed by atoms with Crippen LogP contribution in [0.1, 0.15) is 59.1 Å². The smallest absolute Gasteiger partial charge is 0.417 e. The highest BCUT2D eigenvalue weighted by Gasteiger charge is 2.70. The summed E-state index contributed by atoms with van der Waals surface area (Å²) in [4.78, 5) is 64.0. The zero-order valence-corrected chi connectivity index (χ0v) is 31.8. The van der Waals surface area contributed by atoms with Crippen LogP contribution >= 0.6 is 23.2 Å². The molecule has 3 heterocycles. The third-order valence-electron chi connectivity index (χ3n) is 12.0. The van der Waals surface area contributed by atoms with Gasteiger partial charge in [-0.2, -0.15) is 18.2 Å². The van der Waals surface area contributed by atoms with Crippen molar-refractivity contribution in [3.05, 3.63) is 128 Å². The summed E-state index contributed by atoms with van der Waals surface area (Å²) in [5, 5.41) is 11.5. The van der Waals surface area contributed by atoms with Crippen LogP contribution in [0.3, 0.4) is 0 Å². The number of hydrogen-bond donors (Lipinski definition) is 2. The predicted octanol–water partition coefficient (Wildman–Crippen LogP) is 8.48. The average molecular weight is 804 g/mol. The lowest BCUT2D eigenvalue weighted by atomic mass is 9.49. The number of amides is 4. The minimum absolute atomic E-state index is 0.0132. The molecule has 288 valence electrons. The molecule has 3 aromatic carbocycles. The number of fused-ring (bicyclic) bond motifs is 4. The summed E-state index contributed by atoms with van der Waals surface area (Å²) in [6.07, 6.45) is -1.31. The van der Waals surface area contributed by atoms with Crippen LogP contribution in [0.2, 0.25) is 10.0 Å². The maximum Gasteiger partial charge on any atom is 0.417 e. The summed E-state index contributed by atoms with van der Waals surface area (Å²) in [6, 6.07) is 17.9. The molecule has 0 bridgehead atoms. The molecule has 9 nitrogen and oxygen atoms in total. The number of hydrazine groups is 1. The van der Waals surface area contributed by atoms with Gasteiger partial charge in [0, 0.05) is 17.1 Å². The van der Waals surface area contributed by atoms with E-state index in [1.165, 1.54) is 4.90 Å². The van der Waals surface area contributed by atoms with Crippen molar-refractivity contribution in [1.29, 1.82) is 0 Å². The average Bonchev–Trinajstić information content (AvgIpc) is 3.54. The Morgan fingerprint density at radius 1 is 0.911 bits per heavy atom. The molecular formula is C42H35Cl2F3N4O5. The van der Waals surface area contributed by atoms with Crippen molar-refractivity contribution in [3.8, 4) is 5.75 Å². The van der Waals surface area contributed by atoms with Gasteiger partial charge in [0.2, 0.25) is 11.8 Å². The number of halogens is 5. The molecule has 4 aromatic rings. The van der Waals surface area contributed by atoms with Gasteiger partial charge in [-0.25, -0.2) is 4.98 Å². The molecular weight excluding hydrogens is 768 g/mol. The number of alkyl halides is 3. The number of nitrogens with zero attached hydrogens (tertiary/aromatic N) is 3. The first-order chi connectivity index (χ1) is 26.6. The number of phenolic OH excluding ortho intramolecular Hbond substituents is 1. The van der Waals surface area contributed by atoms with E-state index >= 15 is 4.79 Å². The Kier molecular flexibility index (Phi) is 9.08. The third kappa shape index (κ3) is 5.62. The zero-order valence-electron chi connectivity index (χ0n) is 30.3. The Morgan fingerprint density at radius 2 is 1.57 bits per heavy atom. The van der Waals surface area contributed by atoms with E-state index in [0.717, 1.165) is 17.0 Å². The largest absolute Gasteiger partial charge is 0.507 e. The van der Waals surface area contributed by atoms with Crippen molar-refractivity contribution in [2.75, 3.05) is 10.3 Å². The first-order valence-corrected chi connectivity index (χ1v) is 18.9. The van der Waals surface area contributed by atoms with Gasteiger partial charge in [-0.3, -0.25) is 29.5 Å². The molecule has 1 saturated carbocycles. The van der Waals surface area contributed by atoms with Crippen LogP contribution in [-0.2, 0) is 37.2 Å². The van der Waals surface area contributed by atoms with E-state index in [0.29, 0.717) is 50.8 Å². The molecule has 2 N–H and O–H groups in total. The number of aromatic hydroxyl groups is 1. The number of hydrogen-bond acceptors (Lipinski definition) is 7. The highest BCUT2D eigenvalue weighted by atomic mass is 35.5. The van der Waals surface area contributed by atoms with E-state index < -0.39 is 69.5 Å². The standard InChI is InChI=1S/C42H35Cl2F3N4O5/c1-4-22-5-11-27(12-6-22)50-37(53)29-14-13-28-30(33(29)39(50)55)18-31-38(54)51(49-36-32(44)17-25(19-48-36)42(45,46)47)40(56)41(31,24-7-9-26(43)10-8-24)34(28)23-15-20(2)35(52)21(3)16-23/h5-13,15-17,19,29-31,33-34,52H,4,14,18H2,1-3H3,(H,48,49)/t29-,30+,31-,33-,34-,41+/m0/s1. The van der Waals surface area contributed by atoms with Gasteiger partial charge in [0.25, 0.3) is 11.8 Å². The van der Waals surface area contributed by atoms with Crippen molar-refractivity contribution < 1.29 is 37.5 Å². The number of carbonyl (C=O) groups excluding carboxylic acids is 4. The molecule has 3 fully saturated rings. The number of allylic oxidation sites excluding steroid dienone is 2. The second-order valence-electron chi connectivity index (χ2n) is 15.0. The SMILES string of the molecule is CCc1ccc(N2C(=O)[C@H]3[C@H](CC=C4[C@H]3C[C@H]3C(=O)N(Nc5ncc(C(F)(F)F)cc5Cl)C(=O)[C@@]3(c3ccc(Cl)cc3)[C@H]4c3cc(C)c(O)c(C)c3)C2=O)cc1. The van der Waals surface area contributed by atoms with Crippen LogP contribution in [0.25, 0.3) is 0 Å². The molecule has 2 aliphatic carbocycles. The Morgan fingerprint density at radius 3 is 2.18 bits per heavy atom. The van der Waals surface area contributed by atoms with Crippen molar-refractivity contribution in [1.82, 2.24) is 9.99 Å². The number of nitrogens with one attached hydrogen (secondary N) is 1. The van der Waals surface area contributed by atoms with E-state index in [1.54, 1.807) is 62.4 Å². The highest BCUT2D eigenvalue weighted by Crippen LogP contribution is 2.64. The number of anilines is 2. The van der Waals surface area contributed by atoms with Crippen LogP contribution in [0, 0.1) is 37.5 Å². The van der Waals surface area contributed by atoms with Crippen LogP contribution in [0.4, 0.5) is 24.7 Å². The maximum absolute atomic E-state index is 15.4. The molecule has 14 heteroatoms. The Bertz CT molecular complexity index is 2340. The quantitative estimate of drug-likeness (QED) is 0.148. The summed E-state index contributed by atoms with van der Waals surface area (Å²) in [5.74, 6) is -6.79. The van der Waals surface area contributed by atoms with Crippen LogP contribution in [0.15, 0.2) is 84.6 Å². The number of carbonyl (C=O) groups is 4. The van der Waals surface area contributed by atoms with E-state index in [9.17, 15) is 32.7 Å². The fourth-order valence-electron chi connectivity index (χ4n) is 9.45. The summed E-state index contributed by atoms with van der Waals surface area (Å²) in [6.45, 7) is 5.45. The van der Waals surface area contributed by atoms with Gasteiger partial charge in [-0.15, -0.1) is 0 Å². The second kappa shape index (κ2) is 13.5. The third-order valence-corrected chi connectivity index (χ3v) is 12.5. The highest BCUT2D eigenvalue weighted by molar-refractivity contribution is 6.33. The number of benzene rings is 3. The molecule has 2 aliphatic heterocycles. The molecule has 4 aliphatic rings. The van der Waals surface area contributed by atoms with Crippen LogP contribution in [-0.4, -0.2) is 38.7 Å². The number of aryl methyl sites for hydroxylation is 3. The van der Waals surface area contributed by atoms with Crippen LogP contribution < -0.4 is 10.3 Å². The van der Waals surface area contributed by atoms with Crippen molar-refractivity contribution >= 4 is 58.3 Å². The van der Waals surface area contributed by atoms with Crippen LogP contribution in [0.5, 0.6) is 5.75 Å². The molecule has 1 aromatic heterocycles. The first-order valence-electron chi connectivity index (χ1n) is 18.2. The fraction of sp³-hybridized carbons (Fsp3) is 0.310. The van der Waals surface area contributed by atoms with Crippen molar-refractivity contribution in [2.45, 2.75) is 57.5 Å². The van der Waals surface area contributed by atoms with Crippen molar-refractivity contribution in [2.24, 2.45) is 23.7 Å². The predicted molar refractivity (Wildman–Crippen MR) is 203 cm³/mol. The minimum Gasteiger partial charge on any atom is -0.507 e. The zero-order chi connectivity index (χ0) is 40.0.